The molecule has 2 N–H and O–H groups in total. The van der Waals surface area contributed by atoms with Crippen molar-refractivity contribution in [2.24, 2.45) is 0 Å². The molecule has 0 radical (unpaired) electrons. The van der Waals surface area contributed by atoms with E-state index in [0.717, 1.165) is 17.7 Å². The summed E-state index contributed by atoms with van der Waals surface area (Å²) in [5.74, 6) is -0.538. The second-order valence-electron chi connectivity index (χ2n) is 6.43. The van der Waals surface area contributed by atoms with Gasteiger partial charge in [0, 0.05) is 23.5 Å². The van der Waals surface area contributed by atoms with Gasteiger partial charge in [-0.25, -0.2) is 0 Å². The summed E-state index contributed by atoms with van der Waals surface area (Å²) >= 11 is 0. The van der Waals surface area contributed by atoms with Gasteiger partial charge in [-0.05, 0) is 37.6 Å². The maximum atomic E-state index is 12.3. The molecular weight excluding hydrogens is 360 g/mol. The van der Waals surface area contributed by atoms with E-state index in [1.807, 2.05) is 38.1 Å². The number of anilines is 2. The molecular formula is C20H24N4O4. The lowest BCUT2D eigenvalue weighted by molar-refractivity contribution is -0.384. The van der Waals surface area contributed by atoms with Gasteiger partial charge in [0.05, 0.1) is 18.0 Å². The number of hydrogen-bond donors (Lipinski definition) is 2. The molecule has 2 aromatic carbocycles. The van der Waals surface area contributed by atoms with Crippen molar-refractivity contribution < 1.29 is 14.5 Å². The molecule has 28 heavy (non-hydrogen) atoms. The number of non-ortho nitro benzene ring substituents is 1. The number of carbonyl (C=O) groups excluding carboxylic acids is 2. The highest BCUT2D eigenvalue weighted by molar-refractivity contribution is 5.95. The maximum Gasteiger partial charge on any atom is 0.271 e. The third-order valence-electron chi connectivity index (χ3n) is 4.03. The van der Waals surface area contributed by atoms with Crippen LogP contribution in [-0.2, 0) is 9.59 Å². The molecule has 2 rings (SSSR count). The van der Waals surface area contributed by atoms with Crippen LogP contribution in [0.15, 0.2) is 48.5 Å². The molecule has 2 amide bonds. The fourth-order valence-corrected chi connectivity index (χ4v) is 2.74. The minimum absolute atomic E-state index is 0.0116. The second-order valence-corrected chi connectivity index (χ2v) is 6.43. The lowest BCUT2D eigenvalue weighted by Gasteiger charge is -2.21. The van der Waals surface area contributed by atoms with Crippen LogP contribution in [0, 0.1) is 17.0 Å². The summed E-state index contributed by atoms with van der Waals surface area (Å²) in [5.41, 5.74) is 1.95. The van der Waals surface area contributed by atoms with Crippen molar-refractivity contribution in [1.29, 1.82) is 0 Å². The molecule has 0 saturated heterocycles. The van der Waals surface area contributed by atoms with E-state index in [-0.39, 0.29) is 30.6 Å². The first-order valence-electron chi connectivity index (χ1n) is 9.01. The second kappa shape index (κ2) is 10.2. The average molecular weight is 384 g/mol. The molecule has 0 saturated carbocycles. The molecule has 0 aliphatic heterocycles. The van der Waals surface area contributed by atoms with Gasteiger partial charge in [0.1, 0.15) is 0 Å². The summed E-state index contributed by atoms with van der Waals surface area (Å²) in [4.78, 5) is 36.7. The van der Waals surface area contributed by atoms with Crippen molar-refractivity contribution in [3.8, 4) is 0 Å². The zero-order chi connectivity index (χ0) is 20.5. The number of amides is 2. The lowest BCUT2D eigenvalue weighted by Crippen LogP contribution is -2.39. The Morgan fingerprint density at radius 3 is 2.36 bits per heavy atom. The van der Waals surface area contributed by atoms with Gasteiger partial charge in [-0.2, -0.15) is 0 Å². The zero-order valence-corrected chi connectivity index (χ0v) is 16.0. The van der Waals surface area contributed by atoms with Crippen molar-refractivity contribution in [2.75, 3.05) is 30.3 Å². The Bertz CT molecular complexity index is 854. The number of hydrogen-bond acceptors (Lipinski definition) is 5. The van der Waals surface area contributed by atoms with Gasteiger partial charge in [-0.3, -0.25) is 24.6 Å². The molecule has 2 aromatic rings. The van der Waals surface area contributed by atoms with Crippen molar-refractivity contribution in [3.05, 3.63) is 64.2 Å². The molecule has 0 fully saturated rings. The number of aryl methyl sites for hydroxylation is 1. The topological polar surface area (TPSA) is 105 Å². The number of carbonyl (C=O) groups is 2. The quantitative estimate of drug-likeness (QED) is 0.510. The smallest absolute Gasteiger partial charge is 0.271 e. The summed E-state index contributed by atoms with van der Waals surface area (Å²) in [6.45, 7) is 4.53. The molecule has 0 bridgehead atoms. The molecule has 0 spiro atoms. The highest BCUT2D eigenvalue weighted by atomic mass is 16.6. The van der Waals surface area contributed by atoms with Crippen LogP contribution in [0.3, 0.4) is 0 Å². The minimum Gasteiger partial charge on any atom is -0.325 e. The molecule has 8 heteroatoms. The first kappa shape index (κ1) is 21.0. The van der Waals surface area contributed by atoms with Crippen molar-refractivity contribution in [2.45, 2.75) is 20.3 Å². The molecule has 0 atom stereocenters. The number of nitrogens with one attached hydrogen (secondary N) is 2. The average Bonchev–Trinajstić information content (AvgIpc) is 2.64. The number of rotatable bonds is 9. The van der Waals surface area contributed by atoms with Gasteiger partial charge >= 0.3 is 0 Å². The predicted molar refractivity (Wildman–Crippen MR) is 108 cm³/mol. The third-order valence-corrected chi connectivity index (χ3v) is 4.03. The summed E-state index contributed by atoms with van der Waals surface area (Å²) in [5, 5.41) is 16.3. The number of para-hydroxylation sites is 1. The van der Waals surface area contributed by atoms with Crippen LogP contribution in [0.5, 0.6) is 0 Å². The van der Waals surface area contributed by atoms with E-state index in [1.165, 1.54) is 18.2 Å². The van der Waals surface area contributed by atoms with Crippen LogP contribution in [0.25, 0.3) is 0 Å². The first-order valence-corrected chi connectivity index (χ1v) is 9.01. The van der Waals surface area contributed by atoms with Gasteiger partial charge in [0.15, 0.2) is 0 Å². The van der Waals surface area contributed by atoms with Crippen LogP contribution in [0.1, 0.15) is 18.9 Å². The number of nitrogens with zero attached hydrogens (tertiary/aromatic N) is 2. The summed E-state index contributed by atoms with van der Waals surface area (Å²) in [6.07, 6.45) is 0.779. The van der Waals surface area contributed by atoms with E-state index in [1.54, 1.807) is 11.0 Å². The molecule has 0 unspecified atom stereocenters. The van der Waals surface area contributed by atoms with Crippen molar-refractivity contribution in [3.63, 3.8) is 0 Å². The van der Waals surface area contributed by atoms with E-state index < -0.39 is 4.92 Å². The third kappa shape index (κ3) is 6.48. The Kier molecular flexibility index (Phi) is 7.65. The number of nitro benzene ring substituents is 1. The van der Waals surface area contributed by atoms with Gasteiger partial charge in [0.2, 0.25) is 11.8 Å². The molecule has 0 aliphatic rings. The van der Waals surface area contributed by atoms with Crippen LogP contribution in [-0.4, -0.2) is 41.3 Å². The summed E-state index contributed by atoms with van der Waals surface area (Å²) in [7, 11) is 0. The van der Waals surface area contributed by atoms with E-state index in [2.05, 4.69) is 10.6 Å². The molecule has 0 heterocycles. The van der Waals surface area contributed by atoms with E-state index in [9.17, 15) is 19.7 Å². The fourth-order valence-electron chi connectivity index (χ4n) is 2.74. The maximum absolute atomic E-state index is 12.3. The first-order chi connectivity index (χ1) is 13.4. The largest absolute Gasteiger partial charge is 0.325 e. The Balaban J connectivity index is 1.95. The fraction of sp³-hybridized carbons (Fsp3) is 0.300. The minimum atomic E-state index is -0.519. The Hall–Kier alpha value is -3.26. The Labute approximate surface area is 163 Å². The molecule has 0 aliphatic carbocycles. The monoisotopic (exact) mass is 384 g/mol. The van der Waals surface area contributed by atoms with Gasteiger partial charge < -0.3 is 10.6 Å². The van der Waals surface area contributed by atoms with Gasteiger partial charge in [-0.1, -0.05) is 31.2 Å². The van der Waals surface area contributed by atoms with Gasteiger partial charge in [-0.15, -0.1) is 0 Å². The lowest BCUT2D eigenvalue weighted by atomic mass is 10.2. The highest BCUT2D eigenvalue weighted by Gasteiger charge is 2.15. The molecule has 8 nitrogen and oxygen atoms in total. The van der Waals surface area contributed by atoms with Crippen LogP contribution < -0.4 is 10.6 Å². The van der Waals surface area contributed by atoms with E-state index >= 15 is 0 Å². The van der Waals surface area contributed by atoms with E-state index in [4.69, 9.17) is 0 Å². The zero-order valence-electron chi connectivity index (χ0n) is 16.0. The van der Waals surface area contributed by atoms with Crippen LogP contribution >= 0.6 is 0 Å². The number of nitro groups is 1. The summed E-state index contributed by atoms with van der Waals surface area (Å²) in [6, 6.07) is 13.2. The van der Waals surface area contributed by atoms with Crippen molar-refractivity contribution in [1.82, 2.24) is 4.90 Å². The SMILES string of the molecule is CCCN(CC(=O)Nc1cccc([N+](=O)[O-])c1)CC(=O)Nc1ccccc1C. The highest BCUT2D eigenvalue weighted by Crippen LogP contribution is 2.17. The molecule has 148 valence electrons. The van der Waals surface area contributed by atoms with Crippen LogP contribution in [0.2, 0.25) is 0 Å². The Morgan fingerprint density at radius 1 is 1.04 bits per heavy atom. The predicted octanol–water partition coefficient (Wildman–Crippen LogP) is 3.19. The normalized spacial score (nSPS) is 10.5. The van der Waals surface area contributed by atoms with Crippen LogP contribution in [0.4, 0.5) is 17.1 Å². The van der Waals surface area contributed by atoms with Gasteiger partial charge in [0.25, 0.3) is 5.69 Å². The summed E-state index contributed by atoms with van der Waals surface area (Å²) < 4.78 is 0. The standard InChI is InChI=1S/C20H24N4O4/c1-3-11-23(14-20(26)22-18-10-5-4-7-15(18)2)13-19(25)21-16-8-6-9-17(12-16)24(27)28/h4-10,12H,3,11,13-14H2,1-2H3,(H,21,25)(H,22,26). The number of benzene rings is 2. The van der Waals surface area contributed by atoms with Crippen molar-refractivity contribution >= 4 is 28.9 Å². The molecule has 0 aromatic heterocycles. The Morgan fingerprint density at radius 2 is 1.71 bits per heavy atom. The van der Waals surface area contributed by atoms with E-state index in [0.29, 0.717) is 12.2 Å².